The summed E-state index contributed by atoms with van der Waals surface area (Å²) in [6.07, 6.45) is 22.7. The molecule has 1 aliphatic heterocycles. The molecule has 49 heavy (non-hydrogen) atoms. The van der Waals surface area contributed by atoms with Crippen molar-refractivity contribution in [2.75, 3.05) is 52.4 Å². The Hall–Kier alpha value is -3.01. The van der Waals surface area contributed by atoms with Crippen molar-refractivity contribution in [1.82, 2.24) is 19.2 Å². The van der Waals surface area contributed by atoms with Crippen LogP contribution < -0.4 is 0 Å². The molecule has 10 radical (unpaired) electrons. The van der Waals surface area contributed by atoms with Gasteiger partial charge >= 0.3 is 17.1 Å². The molecule has 3 fully saturated rings. The van der Waals surface area contributed by atoms with Crippen LogP contribution in [0.25, 0.3) is 27.2 Å². The van der Waals surface area contributed by atoms with Crippen molar-refractivity contribution >= 4 is 28.1 Å². The van der Waals surface area contributed by atoms with Gasteiger partial charge in [0.2, 0.25) is 0 Å². The van der Waals surface area contributed by atoms with E-state index in [9.17, 15) is 10.1 Å². The normalized spacial score (nSPS) is 17.2. The van der Waals surface area contributed by atoms with Crippen LogP contribution in [0.5, 0.6) is 0 Å². The molecule has 3 aliphatic rings. The number of fused-ring (bicyclic) bond motifs is 3. The molecule has 0 atom stereocenters. The molecule has 0 amide bonds. The van der Waals surface area contributed by atoms with Crippen molar-refractivity contribution in [2.24, 2.45) is 0 Å². The van der Waals surface area contributed by atoms with E-state index in [1.807, 2.05) is 44.2 Å². The summed E-state index contributed by atoms with van der Waals surface area (Å²) >= 11 is 0. The Bertz CT molecular complexity index is 1620. The number of hydrogen-bond donors (Lipinski definition) is 0. The first-order valence-electron chi connectivity index (χ1n) is 16.9. The number of aryl methyl sites for hydroxylation is 1. The molecule has 4 aromatic rings. The van der Waals surface area contributed by atoms with E-state index in [-0.39, 0.29) is 27.7 Å². The minimum absolute atomic E-state index is 0. The van der Waals surface area contributed by atoms with Gasteiger partial charge in [-0.1, -0.05) is 42.8 Å². The molecule has 2 aromatic heterocycles. The van der Waals surface area contributed by atoms with Crippen LogP contribution in [0.2, 0.25) is 0 Å². The van der Waals surface area contributed by atoms with Gasteiger partial charge in [0.1, 0.15) is 0 Å². The van der Waals surface area contributed by atoms with E-state index in [0.29, 0.717) is 12.1 Å². The smallest absolute Gasteiger partial charge is 0.658 e. The molecule has 0 unspecified atom stereocenters. The van der Waals surface area contributed by atoms with Crippen LogP contribution in [0.3, 0.4) is 0 Å². The number of rotatable bonds is 13. The van der Waals surface area contributed by atoms with Gasteiger partial charge in [0.25, 0.3) is 5.69 Å². The summed E-state index contributed by atoms with van der Waals surface area (Å²) in [7, 11) is 0. The van der Waals surface area contributed by atoms with Gasteiger partial charge in [-0.25, -0.2) is 0 Å². The maximum absolute atomic E-state index is 11.2. The summed E-state index contributed by atoms with van der Waals surface area (Å²) in [5, 5.41) is 20.8. The van der Waals surface area contributed by atoms with Crippen LogP contribution in [0.4, 0.5) is 11.5 Å². The maximum atomic E-state index is 11.2. The molecule has 9 nitrogen and oxygen atoms in total. The molecule has 254 valence electrons. The first kappa shape index (κ1) is 37.2. The predicted octanol–water partition coefficient (Wildman–Crippen LogP) is 7.45. The molecule has 2 aromatic carbocycles. The molecule has 10 heteroatoms. The summed E-state index contributed by atoms with van der Waals surface area (Å²) in [4.78, 5) is 20.9. The third-order valence-corrected chi connectivity index (χ3v) is 8.90. The van der Waals surface area contributed by atoms with Gasteiger partial charge in [-0.3, -0.25) is 10.1 Å². The zero-order chi connectivity index (χ0) is 33.1. The van der Waals surface area contributed by atoms with Crippen molar-refractivity contribution in [3.8, 4) is 0 Å². The molecule has 2 aliphatic carbocycles. The molecule has 7 rings (SSSR count). The van der Waals surface area contributed by atoms with E-state index in [1.54, 1.807) is 18.2 Å². The van der Waals surface area contributed by atoms with Crippen LogP contribution in [0.15, 0.2) is 54.7 Å². The molecule has 0 N–H and O–H groups in total. The molecular formula is C39H43FeN7O2. The largest absolute Gasteiger partial charge is 2.00 e. The van der Waals surface area contributed by atoms with Crippen molar-refractivity contribution < 1.29 is 22.0 Å². The zero-order valence-electron chi connectivity index (χ0n) is 28.0. The monoisotopic (exact) mass is 697 g/mol. The van der Waals surface area contributed by atoms with Crippen molar-refractivity contribution in [3.63, 3.8) is 0 Å². The number of nitro benzene ring substituents is 1. The number of aromatic nitrogens is 2. The van der Waals surface area contributed by atoms with E-state index in [2.05, 4.69) is 76.5 Å². The van der Waals surface area contributed by atoms with Gasteiger partial charge in [0.05, 0.1) is 4.92 Å². The van der Waals surface area contributed by atoms with Crippen LogP contribution in [0, 0.1) is 80.7 Å². The minimum atomic E-state index is -0.331. The third-order valence-electron chi connectivity index (χ3n) is 8.90. The second-order valence-electron chi connectivity index (χ2n) is 12.2. The molecule has 2 saturated carbocycles. The Labute approximate surface area is 302 Å². The summed E-state index contributed by atoms with van der Waals surface area (Å²) < 4.78 is 2.26. The number of nitrogens with zero attached hydrogens (tertiary/aromatic N) is 7. The van der Waals surface area contributed by atoms with E-state index < -0.39 is 0 Å². The fourth-order valence-electron chi connectivity index (χ4n) is 6.45. The first-order chi connectivity index (χ1) is 23.6. The second kappa shape index (κ2) is 18.8. The first-order valence-corrected chi connectivity index (χ1v) is 16.9. The Kier molecular flexibility index (Phi) is 14.3. The average Bonchev–Trinajstić information content (AvgIpc) is 3.91. The van der Waals surface area contributed by atoms with Gasteiger partial charge in [0, 0.05) is 61.0 Å². The molecule has 0 spiro atoms. The molecular weight excluding hydrogens is 654 g/mol. The van der Waals surface area contributed by atoms with E-state index in [1.165, 1.54) is 17.0 Å². The summed E-state index contributed by atoms with van der Waals surface area (Å²) in [6, 6.07) is 15.1. The summed E-state index contributed by atoms with van der Waals surface area (Å²) in [5.41, 5.74) is 6.43. The van der Waals surface area contributed by atoms with Crippen LogP contribution >= 0.6 is 0 Å². The number of para-hydroxylation sites is 3. The number of benzene rings is 2. The Morgan fingerprint density at radius 3 is 2.10 bits per heavy atom. The quantitative estimate of drug-likeness (QED) is 0.0626. The Morgan fingerprint density at radius 1 is 0.816 bits per heavy atom. The van der Waals surface area contributed by atoms with Gasteiger partial charge in [0.15, 0.2) is 0 Å². The maximum Gasteiger partial charge on any atom is 2.00 e. The van der Waals surface area contributed by atoms with Crippen molar-refractivity contribution in [2.45, 2.75) is 26.3 Å². The van der Waals surface area contributed by atoms with Gasteiger partial charge < -0.3 is 29.8 Å². The number of hydrogen-bond acceptors (Lipinski definition) is 5. The van der Waals surface area contributed by atoms with E-state index >= 15 is 0 Å². The Morgan fingerprint density at radius 2 is 1.43 bits per heavy atom. The minimum Gasteiger partial charge on any atom is -0.658 e. The third kappa shape index (κ3) is 9.83. The second-order valence-corrected chi connectivity index (χ2v) is 12.2. The van der Waals surface area contributed by atoms with Gasteiger partial charge in [-0.2, -0.15) is 0 Å². The molecule has 0 bridgehead atoms. The Balaban J connectivity index is 0.000000717. The fraction of sp³-hybridized carbons (Fsp3) is 0.308. The van der Waals surface area contributed by atoms with Crippen molar-refractivity contribution in [1.29, 1.82) is 0 Å². The fourth-order valence-corrected chi connectivity index (χ4v) is 6.45. The van der Waals surface area contributed by atoms with Crippen LogP contribution in [-0.2, 0) is 23.6 Å². The van der Waals surface area contributed by atoms with E-state index in [4.69, 9.17) is 10.3 Å². The van der Waals surface area contributed by atoms with Crippen LogP contribution in [-0.4, -0.2) is 76.5 Å². The van der Waals surface area contributed by atoms with Crippen molar-refractivity contribution in [3.05, 3.63) is 156 Å². The zero-order valence-corrected chi connectivity index (χ0v) is 29.1. The molecule has 1 saturated heterocycles. The summed E-state index contributed by atoms with van der Waals surface area (Å²) in [5.74, 6) is 2.03. The number of piperazine rings is 1. The average molecular weight is 698 g/mol. The van der Waals surface area contributed by atoms with E-state index in [0.717, 1.165) is 87.6 Å². The molecule has 3 heterocycles. The van der Waals surface area contributed by atoms with Gasteiger partial charge in [-0.15, -0.1) is 13.1 Å². The van der Waals surface area contributed by atoms with Gasteiger partial charge in [-0.05, 0) is 119 Å². The predicted molar refractivity (Wildman–Crippen MR) is 194 cm³/mol. The standard InChI is InChI=1S/C34H38N7O2.C5H5.Fe/c1-26-25-40-31-15-7-5-13-29(31)37-34(33(40)32(26)27-10-2-3-11-27)36-17-9-19-39-22-20-38(21-23-39)18-8-16-35-24-28-12-4-6-14-30(28)41(42)43;1-2-4-5-3-1;/h2-7,10-15,25H,8-9,16-24H2,1H3;1-5H;/q-2;;+2. The number of nitro groups is 1. The topological polar surface area (TPSA) is 95.1 Å². The summed E-state index contributed by atoms with van der Waals surface area (Å²) in [6.45, 7) is 10.3. The SMILES string of the molecule is Cc1cn2c(c([N-]CCCN3CCN(CCC[N-]Cc4ccccc4[N+](=O)[O-])CC3)nc3ccccc32)c1[C]1[CH][CH][CH][CH]1.[CH]1[CH][CH][CH][CH]1.[Fe+2]. The van der Waals surface area contributed by atoms with Crippen LogP contribution in [0.1, 0.15) is 29.5 Å².